The molecular formula is C22H26N4O4. The SMILES string of the molecule is CCc1nc2c(OCCOc3ccccc3)cccn2c1N(C=O)CC(=O)N(C)C. The Labute approximate surface area is 175 Å². The van der Waals surface area contributed by atoms with Crippen LogP contribution in [0.15, 0.2) is 48.7 Å². The molecule has 0 bridgehead atoms. The van der Waals surface area contributed by atoms with Crippen LogP contribution in [-0.4, -0.2) is 60.5 Å². The molecule has 0 saturated heterocycles. The molecule has 3 aromatic rings. The number of imidazole rings is 1. The van der Waals surface area contributed by atoms with E-state index in [1.165, 1.54) is 9.80 Å². The largest absolute Gasteiger partial charge is 0.490 e. The highest BCUT2D eigenvalue weighted by Gasteiger charge is 2.22. The zero-order chi connectivity index (χ0) is 21.5. The van der Waals surface area contributed by atoms with Crippen molar-refractivity contribution in [3.05, 3.63) is 54.4 Å². The second-order valence-electron chi connectivity index (χ2n) is 6.83. The summed E-state index contributed by atoms with van der Waals surface area (Å²) in [5.41, 5.74) is 1.30. The maximum absolute atomic E-state index is 12.2. The van der Waals surface area contributed by atoms with Gasteiger partial charge in [-0.1, -0.05) is 25.1 Å². The number of carbonyl (C=O) groups excluding carboxylic acids is 2. The number of anilines is 1. The Hall–Kier alpha value is -3.55. The van der Waals surface area contributed by atoms with Gasteiger partial charge in [-0.3, -0.25) is 18.9 Å². The van der Waals surface area contributed by atoms with Crippen LogP contribution in [-0.2, 0) is 16.0 Å². The number of carbonyl (C=O) groups is 2. The van der Waals surface area contributed by atoms with Gasteiger partial charge < -0.3 is 14.4 Å². The van der Waals surface area contributed by atoms with E-state index in [9.17, 15) is 9.59 Å². The lowest BCUT2D eigenvalue weighted by Crippen LogP contribution is -2.36. The monoisotopic (exact) mass is 410 g/mol. The summed E-state index contributed by atoms with van der Waals surface area (Å²) in [6, 6.07) is 13.2. The van der Waals surface area contributed by atoms with Crippen molar-refractivity contribution >= 4 is 23.8 Å². The third-order valence-electron chi connectivity index (χ3n) is 4.55. The smallest absolute Gasteiger partial charge is 0.242 e. The average Bonchev–Trinajstić information content (AvgIpc) is 3.14. The van der Waals surface area contributed by atoms with Gasteiger partial charge in [-0.15, -0.1) is 0 Å². The first-order chi connectivity index (χ1) is 14.5. The van der Waals surface area contributed by atoms with Crippen molar-refractivity contribution in [2.24, 2.45) is 0 Å². The van der Waals surface area contributed by atoms with Gasteiger partial charge in [-0.25, -0.2) is 4.98 Å². The minimum absolute atomic E-state index is 0.0622. The molecule has 30 heavy (non-hydrogen) atoms. The zero-order valence-electron chi connectivity index (χ0n) is 17.4. The fourth-order valence-electron chi connectivity index (χ4n) is 3.01. The van der Waals surface area contributed by atoms with E-state index in [1.807, 2.05) is 49.4 Å². The van der Waals surface area contributed by atoms with E-state index in [0.29, 0.717) is 49.0 Å². The van der Waals surface area contributed by atoms with Crippen LogP contribution in [0.4, 0.5) is 5.82 Å². The maximum Gasteiger partial charge on any atom is 0.242 e. The predicted octanol–water partition coefficient (Wildman–Crippen LogP) is 2.41. The number of hydrogen-bond acceptors (Lipinski definition) is 5. The molecule has 3 rings (SSSR count). The Morgan fingerprint density at radius 1 is 1.10 bits per heavy atom. The minimum atomic E-state index is -0.176. The molecule has 2 heterocycles. The molecule has 1 aromatic carbocycles. The van der Waals surface area contributed by atoms with E-state index >= 15 is 0 Å². The van der Waals surface area contributed by atoms with Crippen LogP contribution in [0.5, 0.6) is 11.5 Å². The summed E-state index contributed by atoms with van der Waals surface area (Å²) in [5, 5.41) is 0. The number of likely N-dealkylation sites (N-methyl/N-ethyl adjacent to an activating group) is 1. The lowest BCUT2D eigenvalue weighted by molar-refractivity contribution is -0.128. The number of hydrogen-bond donors (Lipinski definition) is 0. The number of pyridine rings is 1. The number of para-hydroxylation sites is 1. The van der Waals surface area contributed by atoms with Crippen molar-refractivity contribution in [2.45, 2.75) is 13.3 Å². The van der Waals surface area contributed by atoms with Gasteiger partial charge in [0, 0.05) is 20.3 Å². The summed E-state index contributed by atoms with van der Waals surface area (Å²) in [5.74, 6) is 1.76. The molecule has 0 unspecified atom stereocenters. The molecule has 0 atom stereocenters. The summed E-state index contributed by atoms with van der Waals surface area (Å²) in [4.78, 5) is 31.4. The number of benzene rings is 1. The first kappa shape index (κ1) is 21.2. The Morgan fingerprint density at radius 2 is 1.83 bits per heavy atom. The molecule has 0 aliphatic carbocycles. The summed E-state index contributed by atoms with van der Waals surface area (Å²) in [7, 11) is 3.31. The fourth-order valence-corrected chi connectivity index (χ4v) is 3.01. The molecule has 8 nitrogen and oxygen atoms in total. The fraction of sp³-hybridized carbons (Fsp3) is 0.318. The van der Waals surface area contributed by atoms with Gasteiger partial charge >= 0.3 is 0 Å². The van der Waals surface area contributed by atoms with Crippen LogP contribution < -0.4 is 14.4 Å². The molecule has 0 radical (unpaired) electrons. The summed E-state index contributed by atoms with van der Waals surface area (Å²) < 4.78 is 13.3. The predicted molar refractivity (Wildman–Crippen MR) is 114 cm³/mol. The van der Waals surface area contributed by atoms with Crippen LogP contribution in [0, 0.1) is 0 Å². The Bertz CT molecular complexity index is 1000. The molecule has 2 aromatic heterocycles. The second kappa shape index (κ2) is 9.78. The number of ether oxygens (including phenoxy) is 2. The first-order valence-electron chi connectivity index (χ1n) is 9.77. The standard InChI is InChI=1S/C22H26N4O4/c1-4-18-22(25(16-27)15-20(28)24(2)3)26-12-8-11-19(21(26)23-18)30-14-13-29-17-9-6-5-7-10-17/h5-12,16H,4,13-15H2,1-3H3. The van der Waals surface area contributed by atoms with Gasteiger partial charge in [0.2, 0.25) is 12.3 Å². The lowest BCUT2D eigenvalue weighted by atomic mass is 10.3. The Morgan fingerprint density at radius 3 is 2.50 bits per heavy atom. The molecule has 0 aliphatic heterocycles. The molecule has 0 N–H and O–H groups in total. The minimum Gasteiger partial charge on any atom is -0.490 e. The summed E-state index contributed by atoms with van der Waals surface area (Å²) in [6.07, 6.45) is 3.07. The number of nitrogens with zero attached hydrogens (tertiary/aromatic N) is 4. The van der Waals surface area contributed by atoms with Crippen molar-refractivity contribution in [3.63, 3.8) is 0 Å². The average molecular weight is 410 g/mol. The summed E-state index contributed by atoms with van der Waals surface area (Å²) >= 11 is 0. The van der Waals surface area contributed by atoms with Crippen molar-refractivity contribution < 1.29 is 19.1 Å². The van der Waals surface area contributed by atoms with Crippen molar-refractivity contribution in [3.8, 4) is 11.5 Å². The van der Waals surface area contributed by atoms with Crippen LogP contribution >= 0.6 is 0 Å². The van der Waals surface area contributed by atoms with E-state index in [-0.39, 0.29) is 12.5 Å². The third-order valence-corrected chi connectivity index (χ3v) is 4.55. The van der Waals surface area contributed by atoms with Gasteiger partial charge in [-0.05, 0) is 30.7 Å². The zero-order valence-corrected chi connectivity index (χ0v) is 17.4. The van der Waals surface area contributed by atoms with E-state index < -0.39 is 0 Å². The third kappa shape index (κ3) is 4.71. The second-order valence-corrected chi connectivity index (χ2v) is 6.83. The number of aromatic nitrogens is 2. The van der Waals surface area contributed by atoms with Crippen molar-refractivity contribution in [2.75, 3.05) is 38.8 Å². The molecule has 158 valence electrons. The van der Waals surface area contributed by atoms with Crippen LogP contribution in [0.25, 0.3) is 5.65 Å². The molecule has 0 spiro atoms. The first-order valence-corrected chi connectivity index (χ1v) is 9.77. The Balaban J connectivity index is 1.80. The van der Waals surface area contributed by atoms with Gasteiger partial charge in [0.25, 0.3) is 0 Å². The highest BCUT2D eigenvalue weighted by atomic mass is 16.5. The van der Waals surface area contributed by atoms with Gasteiger partial charge in [0.05, 0.1) is 5.69 Å². The van der Waals surface area contributed by atoms with Crippen molar-refractivity contribution in [1.29, 1.82) is 0 Å². The van der Waals surface area contributed by atoms with Crippen LogP contribution in [0.3, 0.4) is 0 Å². The number of rotatable bonds is 10. The molecule has 0 saturated carbocycles. The van der Waals surface area contributed by atoms with Gasteiger partial charge in [-0.2, -0.15) is 0 Å². The number of amides is 2. The normalized spacial score (nSPS) is 10.6. The van der Waals surface area contributed by atoms with Crippen LogP contribution in [0.2, 0.25) is 0 Å². The highest BCUT2D eigenvalue weighted by molar-refractivity contribution is 5.89. The van der Waals surface area contributed by atoms with E-state index in [0.717, 1.165) is 5.75 Å². The Kier molecular flexibility index (Phi) is 6.90. The van der Waals surface area contributed by atoms with E-state index in [1.54, 1.807) is 24.7 Å². The lowest BCUT2D eigenvalue weighted by Gasteiger charge is -2.20. The molecule has 0 fully saturated rings. The molecule has 0 aliphatic rings. The molecule has 2 amide bonds. The van der Waals surface area contributed by atoms with Gasteiger partial charge in [0.1, 0.15) is 31.3 Å². The highest BCUT2D eigenvalue weighted by Crippen LogP contribution is 2.28. The topological polar surface area (TPSA) is 76.4 Å². The quantitative estimate of drug-likeness (QED) is 0.379. The van der Waals surface area contributed by atoms with Crippen molar-refractivity contribution in [1.82, 2.24) is 14.3 Å². The molecular weight excluding hydrogens is 384 g/mol. The van der Waals surface area contributed by atoms with E-state index in [4.69, 9.17) is 9.47 Å². The summed E-state index contributed by atoms with van der Waals surface area (Å²) in [6.45, 7) is 2.62. The van der Waals surface area contributed by atoms with Crippen LogP contribution in [0.1, 0.15) is 12.6 Å². The number of aryl methyl sites for hydroxylation is 1. The van der Waals surface area contributed by atoms with E-state index in [2.05, 4.69) is 4.98 Å². The maximum atomic E-state index is 12.2. The number of fused-ring (bicyclic) bond motifs is 1. The van der Waals surface area contributed by atoms with Gasteiger partial charge in [0.15, 0.2) is 11.4 Å². The molecule has 8 heteroatoms.